The predicted molar refractivity (Wildman–Crippen MR) is 93.7 cm³/mol. The van der Waals surface area contributed by atoms with E-state index in [0.29, 0.717) is 12.2 Å². The monoisotopic (exact) mass is 305 g/mol. The summed E-state index contributed by atoms with van der Waals surface area (Å²) in [5, 5.41) is 5.14. The van der Waals surface area contributed by atoms with Gasteiger partial charge < -0.3 is 10.1 Å². The average Bonchev–Trinajstić information content (AvgIpc) is 2.60. The summed E-state index contributed by atoms with van der Waals surface area (Å²) in [6, 6.07) is 23.4. The Hall–Kier alpha value is -2.81. The van der Waals surface area contributed by atoms with E-state index < -0.39 is 6.10 Å². The minimum Gasteiger partial charge on any atom is -0.481 e. The van der Waals surface area contributed by atoms with Crippen molar-refractivity contribution >= 4 is 22.4 Å². The van der Waals surface area contributed by atoms with Crippen molar-refractivity contribution < 1.29 is 9.53 Å². The van der Waals surface area contributed by atoms with Crippen molar-refractivity contribution in [1.29, 1.82) is 0 Å². The van der Waals surface area contributed by atoms with Gasteiger partial charge in [-0.3, -0.25) is 4.79 Å². The zero-order chi connectivity index (χ0) is 16.1. The number of hydrogen-bond donors (Lipinski definition) is 1. The van der Waals surface area contributed by atoms with Gasteiger partial charge in [0.05, 0.1) is 0 Å². The summed E-state index contributed by atoms with van der Waals surface area (Å²) in [6.45, 7) is 1.94. The zero-order valence-electron chi connectivity index (χ0n) is 13.0. The van der Waals surface area contributed by atoms with Gasteiger partial charge in [0, 0.05) is 5.69 Å². The standard InChI is InChI=1S/C20H19NO2/c1-2-19(20(22)21-17-10-4-3-5-11-17)23-18-13-12-15-8-6-7-9-16(15)14-18/h3-14,19H,2H2,1H3,(H,21,22)/t19-/m0/s1. The SMILES string of the molecule is CC[C@H](Oc1ccc2ccccc2c1)C(=O)Nc1ccccc1. The molecule has 0 saturated heterocycles. The number of rotatable bonds is 5. The number of hydrogen-bond acceptors (Lipinski definition) is 2. The highest BCUT2D eigenvalue weighted by Crippen LogP contribution is 2.22. The van der Waals surface area contributed by atoms with Crippen LogP contribution in [0.2, 0.25) is 0 Å². The van der Waals surface area contributed by atoms with Crippen molar-refractivity contribution in [2.45, 2.75) is 19.4 Å². The number of carbonyl (C=O) groups excluding carboxylic acids is 1. The molecule has 0 bridgehead atoms. The second-order valence-corrected chi connectivity index (χ2v) is 5.38. The zero-order valence-corrected chi connectivity index (χ0v) is 13.0. The minimum atomic E-state index is -0.517. The summed E-state index contributed by atoms with van der Waals surface area (Å²) in [5.74, 6) is 0.575. The van der Waals surface area contributed by atoms with E-state index in [0.717, 1.165) is 16.5 Å². The molecule has 0 aliphatic heterocycles. The largest absolute Gasteiger partial charge is 0.481 e. The molecule has 3 heteroatoms. The van der Waals surface area contributed by atoms with Gasteiger partial charge in [-0.2, -0.15) is 0 Å². The van der Waals surface area contributed by atoms with E-state index in [2.05, 4.69) is 11.4 Å². The fourth-order valence-corrected chi connectivity index (χ4v) is 2.47. The highest BCUT2D eigenvalue weighted by atomic mass is 16.5. The first kappa shape index (κ1) is 15.1. The van der Waals surface area contributed by atoms with Crippen molar-refractivity contribution in [3.05, 3.63) is 72.8 Å². The van der Waals surface area contributed by atoms with Gasteiger partial charge in [0.25, 0.3) is 5.91 Å². The molecule has 0 aliphatic rings. The molecule has 23 heavy (non-hydrogen) atoms. The van der Waals surface area contributed by atoms with E-state index in [1.807, 2.05) is 73.7 Å². The average molecular weight is 305 g/mol. The maximum atomic E-state index is 12.4. The van der Waals surface area contributed by atoms with E-state index in [1.54, 1.807) is 0 Å². The van der Waals surface area contributed by atoms with Gasteiger partial charge >= 0.3 is 0 Å². The Morgan fingerprint density at radius 3 is 2.39 bits per heavy atom. The smallest absolute Gasteiger partial charge is 0.265 e. The lowest BCUT2D eigenvalue weighted by Crippen LogP contribution is -2.32. The summed E-state index contributed by atoms with van der Waals surface area (Å²) in [4.78, 5) is 12.4. The Morgan fingerprint density at radius 1 is 0.957 bits per heavy atom. The summed E-state index contributed by atoms with van der Waals surface area (Å²) in [6.07, 6.45) is 0.0854. The molecule has 3 rings (SSSR count). The number of ether oxygens (including phenoxy) is 1. The Morgan fingerprint density at radius 2 is 1.65 bits per heavy atom. The van der Waals surface area contributed by atoms with Crippen LogP contribution in [0.1, 0.15) is 13.3 Å². The first-order valence-corrected chi connectivity index (χ1v) is 7.77. The van der Waals surface area contributed by atoms with Crippen LogP contribution >= 0.6 is 0 Å². The molecule has 116 valence electrons. The van der Waals surface area contributed by atoms with Crippen LogP contribution in [-0.4, -0.2) is 12.0 Å². The van der Waals surface area contributed by atoms with Crippen molar-refractivity contribution in [1.82, 2.24) is 0 Å². The summed E-state index contributed by atoms with van der Waals surface area (Å²) >= 11 is 0. The number of carbonyl (C=O) groups is 1. The van der Waals surface area contributed by atoms with Crippen molar-refractivity contribution in [2.24, 2.45) is 0 Å². The molecule has 0 radical (unpaired) electrons. The summed E-state index contributed by atoms with van der Waals surface area (Å²) in [7, 11) is 0. The molecule has 0 fully saturated rings. The minimum absolute atomic E-state index is 0.133. The van der Waals surface area contributed by atoms with Crippen LogP contribution in [-0.2, 0) is 4.79 Å². The molecule has 1 amide bonds. The van der Waals surface area contributed by atoms with E-state index in [9.17, 15) is 4.79 Å². The van der Waals surface area contributed by atoms with E-state index in [1.165, 1.54) is 0 Å². The van der Waals surface area contributed by atoms with Gasteiger partial charge in [0.1, 0.15) is 5.75 Å². The molecule has 0 spiro atoms. The third-order valence-corrected chi connectivity index (χ3v) is 3.70. The van der Waals surface area contributed by atoms with Gasteiger partial charge in [-0.1, -0.05) is 55.5 Å². The summed E-state index contributed by atoms with van der Waals surface area (Å²) in [5.41, 5.74) is 0.776. The second kappa shape index (κ2) is 6.97. The molecule has 3 aromatic carbocycles. The Labute approximate surface area is 135 Å². The van der Waals surface area contributed by atoms with Gasteiger partial charge in [-0.15, -0.1) is 0 Å². The fraction of sp³-hybridized carbons (Fsp3) is 0.150. The molecule has 0 unspecified atom stereocenters. The highest BCUT2D eigenvalue weighted by Gasteiger charge is 2.18. The Bertz CT molecular complexity index is 799. The quantitative estimate of drug-likeness (QED) is 0.746. The first-order chi connectivity index (χ1) is 11.3. The topological polar surface area (TPSA) is 38.3 Å². The number of anilines is 1. The van der Waals surface area contributed by atoms with Crippen molar-refractivity contribution in [3.8, 4) is 5.75 Å². The molecule has 0 aliphatic carbocycles. The third kappa shape index (κ3) is 3.69. The number of fused-ring (bicyclic) bond motifs is 1. The van der Waals surface area contributed by atoms with Gasteiger partial charge in [0.2, 0.25) is 0 Å². The number of nitrogens with one attached hydrogen (secondary N) is 1. The highest BCUT2D eigenvalue weighted by molar-refractivity contribution is 5.94. The molecular weight excluding hydrogens is 286 g/mol. The maximum Gasteiger partial charge on any atom is 0.265 e. The molecule has 0 saturated carbocycles. The molecule has 0 heterocycles. The van der Waals surface area contributed by atoms with E-state index in [4.69, 9.17) is 4.74 Å². The van der Waals surface area contributed by atoms with Crippen molar-refractivity contribution in [3.63, 3.8) is 0 Å². The normalized spacial score (nSPS) is 11.9. The third-order valence-electron chi connectivity index (χ3n) is 3.70. The van der Waals surface area contributed by atoms with Crippen LogP contribution in [0.15, 0.2) is 72.8 Å². The molecule has 3 nitrogen and oxygen atoms in total. The number of amides is 1. The molecule has 1 atom stereocenters. The Kier molecular flexibility index (Phi) is 4.57. The van der Waals surface area contributed by atoms with Gasteiger partial charge in [-0.25, -0.2) is 0 Å². The lowest BCUT2D eigenvalue weighted by Gasteiger charge is -2.17. The molecule has 3 aromatic rings. The van der Waals surface area contributed by atoms with Crippen LogP contribution < -0.4 is 10.1 Å². The van der Waals surface area contributed by atoms with Crippen LogP contribution in [0.4, 0.5) is 5.69 Å². The number of benzene rings is 3. The van der Waals surface area contributed by atoms with Crippen LogP contribution in [0.3, 0.4) is 0 Å². The fourth-order valence-electron chi connectivity index (χ4n) is 2.47. The molecule has 1 N–H and O–H groups in total. The second-order valence-electron chi connectivity index (χ2n) is 5.38. The van der Waals surface area contributed by atoms with Crippen LogP contribution in [0.25, 0.3) is 10.8 Å². The maximum absolute atomic E-state index is 12.4. The predicted octanol–water partition coefficient (Wildman–Crippen LogP) is 4.64. The summed E-state index contributed by atoms with van der Waals surface area (Å²) < 4.78 is 5.89. The lowest BCUT2D eigenvalue weighted by atomic mass is 10.1. The first-order valence-electron chi connectivity index (χ1n) is 7.77. The van der Waals surface area contributed by atoms with Crippen molar-refractivity contribution in [2.75, 3.05) is 5.32 Å². The lowest BCUT2D eigenvalue weighted by molar-refractivity contribution is -0.122. The Balaban J connectivity index is 1.73. The van der Waals surface area contributed by atoms with Gasteiger partial charge in [0.15, 0.2) is 6.10 Å². The number of para-hydroxylation sites is 1. The molecular formula is C20H19NO2. The van der Waals surface area contributed by atoms with Crippen LogP contribution in [0, 0.1) is 0 Å². The van der Waals surface area contributed by atoms with E-state index in [-0.39, 0.29) is 5.91 Å². The van der Waals surface area contributed by atoms with Gasteiger partial charge in [-0.05, 0) is 41.5 Å². The van der Waals surface area contributed by atoms with E-state index >= 15 is 0 Å². The van der Waals surface area contributed by atoms with Crippen LogP contribution in [0.5, 0.6) is 5.75 Å². The molecule has 0 aromatic heterocycles.